The van der Waals surface area contributed by atoms with E-state index in [1.165, 1.54) is 16.8 Å². The van der Waals surface area contributed by atoms with Gasteiger partial charge in [-0.25, -0.2) is 4.79 Å². The molecule has 5 N–H and O–H groups in total. The van der Waals surface area contributed by atoms with E-state index < -0.39 is 46.8 Å². The first-order valence-electron chi connectivity index (χ1n) is 13.6. The second kappa shape index (κ2) is 16.1. The van der Waals surface area contributed by atoms with Crippen molar-refractivity contribution in [1.82, 2.24) is 20.4 Å². The molecule has 5 amide bonds. The van der Waals surface area contributed by atoms with Crippen molar-refractivity contribution in [1.29, 1.82) is 0 Å². The fraction of sp³-hybridized carbons (Fsp3) is 0.607. The molecule has 0 bridgehead atoms. The van der Waals surface area contributed by atoms with Gasteiger partial charge < -0.3 is 41.0 Å². The minimum atomic E-state index is -1.22. The number of hydrogen-bond acceptors (Lipinski definition) is 8. The first-order valence-corrected chi connectivity index (χ1v) is 13.6. The summed E-state index contributed by atoms with van der Waals surface area (Å²) in [5.74, 6) is -2.29. The normalized spacial score (nSPS) is 12.2. The Kier molecular flexibility index (Phi) is 14.0. The molecule has 232 valence electrons. The first-order chi connectivity index (χ1) is 19.3. The molecule has 1 aromatic carbocycles. The zero-order valence-corrected chi connectivity index (χ0v) is 25.9. The number of carbonyl (C=O) groups is 5. The maximum atomic E-state index is 12.8. The van der Waals surface area contributed by atoms with Crippen molar-refractivity contribution >= 4 is 43.2 Å². The molecule has 1 unspecified atom stereocenters. The molecule has 0 aliphatic rings. The van der Waals surface area contributed by atoms with Crippen LogP contribution in [-0.2, 0) is 30.5 Å². The number of carbonyl (C=O) groups excluding carboxylic acids is 5. The maximum absolute atomic E-state index is 12.8. The lowest BCUT2D eigenvalue weighted by Gasteiger charge is -2.31. The average Bonchev–Trinajstić information content (AvgIpc) is 2.90. The van der Waals surface area contributed by atoms with E-state index in [1.807, 2.05) is 0 Å². The summed E-state index contributed by atoms with van der Waals surface area (Å²) in [7, 11) is 8.24. The van der Waals surface area contributed by atoms with Crippen molar-refractivity contribution in [2.45, 2.75) is 65.3 Å². The zero-order chi connectivity index (χ0) is 32.3. The first kappa shape index (κ1) is 36.4. The van der Waals surface area contributed by atoms with Crippen molar-refractivity contribution in [2.24, 2.45) is 11.7 Å². The number of hydrogen-bond donors (Lipinski definition) is 4. The predicted octanol–water partition coefficient (Wildman–Crippen LogP) is 1.20. The summed E-state index contributed by atoms with van der Waals surface area (Å²) in [6.07, 6.45) is -0.563. The van der Waals surface area contributed by atoms with Gasteiger partial charge in [0.25, 0.3) is 5.91 Å². The Balaban J connectivity index is 2.56. The monoisotopic (exact) mass is 588 g/mol. The molecular formula is C28H45BN6O7. The Morgan fingerprint density at radius 3 is 2.07 bits per heavy atom. The van der Waals surface area contributed by atoms with E-state index in [-0.39, 0.29) is 38.8 Å². The summed E-state index contributed by atoms with van der Waals surface area (Å²) < 4.78 is 10.9. The number of rotatable bonds is 15. The van der Waals surface area contributed by atoms with Gasteiger partial charge in [-0.05, 0) is 51.3 Å². The number of nitrogens with two attached hydrogens (primary N) is 1. The number of amides is 5. The van der Waals surface area contributed by atoms with Gasteiger partial charge in [-0.15, -0.1) is 0 Å². The van der Waals surface area contributed by atoms with Gasteiger partial charge >= 0.3 is 6.09 Å². The van der Waals surface area contributed by atoms with Gasteiger partial charge in [0.1, 0.15) is 18.2 Å². The molecule has 0 saturated heterocycles. The lowest BCUT2D eigenvalue weighted by Crippen LogP contribution is -2.56. The topological polar surface area (TPSA) is 172 Å². The number of ether oxygens (including phenoxy) is 2. The summed E-state index contributed by atoms with van der Waals surface area (Å²) in [6.45, 7) is 10.7. The highest BCUT2D eigenvalue weighted by atomic mass is 16.6. The van der Waals surface area contributed by atoms with Gasteiger partial charge in [0, 0.05) is 38.4 Å². The van der Waals surface area contributed by atoms with Crippen LogP contribution in [0.1, 0.15) is 47.1 Å². The number of nitrogens with one attached hydrogen (secondary N) is 3. The molecule has 0 saturated carbocycles. The molecular weight excluding hydrogens is 543 g/mol. The molecule has 2 radical (unpaired) electrons. The van der Waals surface area contributed by atoms with Crippen LogP contribution in [0, 0.1) is 5.92 Å². The van der Waals surface area contributed by atoms with Crippen LogP contribution in [0.2, 0.25) is 0 Å². The summed E-state index contributed by atoms with van der Waals surface area (Å²) in [4.78, 5) is 63.9. The van der Waals surface area contributed by atoms with E-state index in [4.69, 9.17) is 23.1 Å². The van der Waals surface area contributed by atoms with Crippen LogP contribution in [0.15, 0.2) is 24.3 Å². The molecule has 14 heteroatoms. The second-order valence-electron chi connectivity index (χ2n) is 11.7. The molecule has 1 rings (SSSR count). The number of anilines is 1. The fourth-order valence-corrected chi connectivity index (χ4v) is 3.21. The standard InChI is InChI=1S/C28H45BN6O7/c1-18(2)22(33-24(38)28(5,6)42-17-27(3,4)30)23(37)31-15-21(36)32-20-11-9-19(10-12-20)16-41-26(40)35(8)14-13-34(7)25(29)39/h9-12,18,22H,13-17,30H2,1-8H3,(H,31,37)(H,32,36)(H,33,38). The molecule has 1 atom stereocenters. The Hall–Kier alpha value is -3.65. The van der Waals surface area contributed by atoms with Gasteiger partial charge in [-0.3, -0.25) is 19.2 Å². The van der Waals surface area contributed by atoms with Crippen LogP contribution < -0.4 is 21.7 Å². The van der Waals surface area contributed by atoms with Crippen LogP contribution in [0.25, 0.3) is 0 Å². The quantitative estimate of drug-likeness (QED) is 0.221. The Labute approximate surface area is 249 Å². The van der Waals surface area contributed by atoms with Crippen molar-refractivity contribution in [3.63, 3.8) is 0 Å². The molecule has 13 nitrogen and oxygen atoms in total. The van der Waals surface area contributed by atoms with Crippen LogP contribution >= 0.6 is 0 Å². The lowest BCUT2D eigenvalue weighted by atomic mass is 10.0. The van der Waals surface area contributed by atoms with E-state index in [9.17, 15) is 24.0 Å². The number of likely N-dealkylation sites (N-methyl/N-ethyl adjacent to an activating group) is 2. The third-order valence-corrected chi connectivity index (χ3v) is 6.07. The Morgan fingerprint density at radius 1 is 0.976 bits per heavy atom. The third kappa shape index (κ3) is 13.3. The highest BCUT2D eigenvalue weighted by Gasteiger charge is 2.34. The predicted molar refractivity (Wildman–Crippen MR) is 160 cm³/mol. The van der Waals surface area contributed by atoms with E-state index in [0.29, 0.717) is 11.3 Å². The van der Waals surface area contributed by atoms with Gasteiger partial charge in [0.05, 0.1) is 13.2 Å². The number of nitrogens with zero attached hydrogens (tertiary/aromatic N) is 2. The highest BCUT2D eigenvalue weighted by molar-refractivity contribution is 6.56. The van der Waals surface area contributed by atoms with E-state index in [1.54, 1.807) is 72.9 Å². The second-order valence-corrected chi connectivity index (χ2v) is 11.7. The average molecular weight is 589 g/mol. The van der Waals surface area contributed by atoms with Crippen molar-refractivity contribution < 1.29 is 33.4 Å². The van der Waals surface area contributed by atoms with Crippen LogP contribution in [0.4, 0.5) is 15.3 Å². The SMILES string of the molecule is [B]C(=O)N(C)CCN(C)C(=O)OCc1ccc(NC(=O)CNC(=O)C(NC(=O)C(C)(C)OCC(C)(C)N)C(C)C)cc1. The molecule has 0 spiro atoms. The number of benzene rings is 1. The van der Waals surface area contributed by atoms with Gasteiger partial charge in [-0.1, -0.05) is 26.0 Å². The molecule has 42 heavy (non-hydrogen) atoms. The van der Waals surface area contributed by atoms with E-state index in [2.05, 4.69) is 16.0 Å². The maximum Gasteiger partial charge on any atom is 0.409 e. The van der Waals surface area contributed by atoms with Gasteiger partial charge in [0.2, 0.25) is 19.7 Å². The molecule has 1 aromatic rings. The van der Waals surface area contributed by atoms with Crippen LogP contribution in [0.5, 0.6) is 0 Å². The summed E-state index contributed by atoms with van der Waals surface area (Å²) >= 11 is 0. The lowest BCUT2D eigenvalue weighted by molar-refractivity contribution is -0.147. The smallest absolute Gasteiger partial charge is 0.409 e. The molecule has 0 aliphatic carbocycles. The summed E-state index contributed by atoms with van der Waals surface area (Å²) in [6, 6.07) is 5.75. The van der Waals surface area contributed by atoms with E-state index in [0.717, 1.165) is 0 Å². The molecule has 0 aliphatic heterocycles. The third-order valence-electron chi connectivity index (χ3n) is 6.07. The summed E-state index contributed by atoms with van der Waals surface area (Å²) in [5.41, 5.74) is 5.26. The van der Waals surface area contributed by atoms with Crippen molar-refractivity contribution in [3.05, 3.63) is 29.8 Å². The zero-order valence-electron chi connectivity index (χ0n) is 25.9. The minimum Gasteiger partial charge on any atom is -0.445 e. The van der Waals surface area contributed by atoms with Crippen molar-refractivity contribution in [3.8, 4) is 0 Å². The Morgan fingerprint density at radius 2 is 1.55 bits per heavy atom. The highest BCUT2D eigenvalue weighted by Crippen LogP contribution is 2.15. The fourth-order valence-electron chi connectivity index (χ4n) is 3.21. The van der Waals surface area contributed by atoms with Gasteiger partial charge in [-0.2, -0.15) is 0 Å². The summed E-state index contributed by atoms with van der Waals surface area (Å²) in [5, 5.41) is 7.94. The minimum absolute atomic E-state index is 0.00720. The van der Waals surface area contributed by atoms with Crippen LogP contribution in [-0.4, -0.2) is 105 Å². The largest absolute Gasteiger partial charge is 0.445 e. The molecule has 0 fully saturated rings. The van der Waals surface area contributed by atoms with E-state index >= 15 is 0 Å². The Bertz CT molecular complexity index is 1090. The van der Waals surface area contributed by atoms with Crippen LogP contribution in [0.3, 0.4) is 0 Å². The van der Waals surface area contributed by atoms with Gasteiger partial charge in [0.15, 0.2) is 5.81 Å². The van der Waals surface area contributed by atoms with Crippen molar-refractivity contribution in [2.75, 3.05) is 45.7 Å². The molecule has 0 aromatic heterocycles. The molecule has 0 heterocycles.